The molecule has 0 amide bonds. The van der Waals surface area contributed by atoms with E-state index in [9.17, 15) is 20.0 Å². The summed E-state index contributed by atoms with van der Waals surface area (Å²) in [5, 5.41) is 32.2. The van der Waals surface area contributed by atoms with E-state index in [0.717, 1.165) is 37.9 Å². The maximum atomic E-state index is 11.2. The number of anilines is 1. The summed E-state index contributed by atoms with van der Waals surface area (Å²) < 4.78 is 0. The van der Waals surface area contributed by atoms with E-state index in [0.29, 0.717) is 6.54 Å². The van der Waals surface area contributed by atoms with Gasteiger partial charge in [0.15, 0.2) is 0 Å². The number of aliphatic hydroxyl groups is 1. The van der Waals surface area contributed by atoms with Gasteiger partial charge in [-0.2, -0.15) is 0 Å². The van der Waals surface area contributed by atoms with Crippen molar-refractivity contribution in [2.24, 2.45) is 5.41 Å². The molecule has 8 nitrogen and oxygen atoms in total. The lowest BCUT2D eigenvalue weighted by Gasteiger charge is -2.27. The number of nitrogens with one attached hydrogen (secondary N) is 1. The van der Waals surface area contributed by atoms with E-state index in [1.54, 1.807) is 0 Å². The van der Waals surface area contributed by atoms with Crippen LogP contribution in [0, 0.1) is 15.5 Å². The van der Waals surface area contributed by atoms with E-state index in [1.807, 2.05) is 0 Å². The molecular formula is C13H17N3O5. The van der Waals surface area contributed by atoms with Gasteiger partial charge in [-0.1, -0.05) is 12.8 Å². The van der Waals surface area contributed by atoms with Gasteiger partial charge in [0.25, 0.3) is 5.69 Å². The highest BCUT2D eigenvalue weighted by Crippen LogP contribution is 2.37. The zero-order chi connectivity index (χ0) is 15.5. The largest absolute Gasteiger partial charge is 0.478 e. The second kappa shape index (κ2) is 6.04. The third kappa shape index (κ3) is 3.27. The molecule has 0 aliphatic heterocycles. The molecule has 1 heterocycles. The molecule has 2 rings (SSSR count). The average molecular weight is 295 g/mol. The predicted octanol–water partition coefficient (Wildman–Crippen LogP) is 1.65. The normalized spacial score (nSPS) is 16.6. The highest BCUT2D eigenvalue weighted by Gasteiger charge is 2.33. The van der Waals surface area contributed by atoms with Gasteiger partial charge in [0.2, 0.25) is 0 Å². The van der Waals surface area contributed by atoms with Gasteiger partial charge in [0.05, 0.1) is 11.5 Å². The second-order valence-corrected chi connectivity index (χ2v) is 5.37. The van der Waals surface area contributed by atoms with Gasteiger partial charge >= 0.3 is 5.97 Å². The van der Waals surface area contributed by atoms with Crippen molar-refractivity contribution in [3.63, 3.8) is 0 Å². The molecule has 0 unspecified atom stereocenters. The van der Waals surface area contributed by atoms with Crippen molar-refractivity contribution < 1.29 is 19.9 Å². The molecule has 114 valence electrons. The van der Waals surface area contributed by atoms with E-state index in [-0.39, 0.29) is 29.1 Å². The second-order valence-electron chi connectivity index (χ2n) is 5.37. The molecule has 3 N–H and O–H groups in total. The molecule has 1 fully saturated rings. The molecular weight excluding hydrogens is 278 g/mol. The Morgan fingerprint density at radius 3 is 2.67 bits per heavy atom. The zero-order valence-corrected chi connectivity index (χ0v) is 11.4. The molecule has 0 bridgehead atoms. The van der Waals surface area contributed by atoms with E-state index in [1.165, 1.54) is 0 Å². The highest BCUT2D eigenvalue weighted by atomic mass is 16.6. The number of hydrogen-bond donors (Lipinski definition) is 3. The fraction of sp³-hybridized carbons (Fsp3) is 0.538. The molecule has 1 aromatic rings. The third-order valence-electron chi connectivity index (χ3n) is 3.94. The van der Waals surface area contributed by atoms with Gasteiger partial charge in [0.1, 0.15) is 17.6 Å². The first kappa shape index (κ1) is 15.2. The third-order valence-corrected chi connectivity index (χ3v) is 3.94. The Kier molecular flexibility index (Phi) is 4.37. The lowest BCUT2D eigenvalue weighted by Crippen LogP contribution is -2.31. The van der Waals surface area contributed by atoms with Crippen LogP contribution < -0.4 is 5.32 Å². The minimum absolute atomic E-state index is 0.0232. The Morgan fingerprint density at radius 2 is 2.14 bits per heavy atom. The van der Waals surface area contributed by atoms with Crippen molar-refractivity contribution in [2.75, 3.05) is 18.5 Å². The molecule has 1 aliphatic carbocycles. The first-order valence-electron chi connectivity index (χ1n) is 6.70. The number of carbonyl (C=O) groups is 1. The van der Waals surface area contributed by atoms with Crippen LogP contribution >= 0.6 is 0 Å². The number of pyridine rings is 1. The maximum Gasteiger partial charge on any atom is 0.339 e. The molecule has 8 heteroatoms. The molecule has 1 saturated carbocycles. The number of nitro groups is 1. The molecule has 0 spiro atoms. The van der Waals surface area contributed by atoms with Crippen LogP contribution in [0.3, 0.4) is 0 Å². The Morgan fingerprint density at radius 1 is 1.48 bits per heavy atom. The van der Waals surface area contributed by atoms with Crippen LogP contribution in [-0.2, 0) is 0 Å². The van der Waals surface area contributed by atoms with Crippen LogP contribution in [-0.4, -0.2) is 39.2 Å². The van der Waals surface area contributed by atoms with E-state index >= 15 is 0 Å². The molecule has 0 saturated heterocycles. The fourth-order valence-corrected chi connectivity index (χ4v) is 2.64. The van der Waals surface area contributed by atoms with Crippen LogP contribution in [0.4, 0.5) is 11.5 Å². The first-order valence-corrected chi connectivity index (χ1v) is 6.70. The first-order chi connectivity index (χ1) is 9.97. The number of aromatic nitrogens is 1. The van der Waals surface area contributed by atoms with Crippen LogP contribution in [0.1, 0.15) is 36.0 Å². The fourth-order valence-electron chi connectivity index (χ4n) is 2.64. The Balaban J connectivity index is 2.19. The average Bonchev–Trinajstić information content (AvgIpc) is 2.94. The van der Waals surface area contributed by atoms with Crippen LogP contribution in [0.15, 0.2) is 12.3 Å². The smallest absolute Gasteiger partial charge is 0.339 e. The van der Waals surface area contributed by atoms with Crippen molar-refractivity contribution in [1.29, 1.82) is 0 Å². The number of nitrogens with zero attached hydrogens (tertiary/aromatic N) is 2. The van der Waals surface area contributed by atoms with Gasteiger partial charge in [-0.15, -0.1) is 0 Å². The minimum Gasteiger partial charge on any atom is -0.478 e. The number of aromatic carboxylic acids is 1. The quantitative estimate of drug-likeness (QED) is 0.538. The van der Waals surface area contributed by atoms with Crippen LogP contribution in [0.5, 0.6) is 0 Å². The highest BCUT2D eigenvalue weighted by molar-refractivity contribution is 5.93. The van der Waals surface area contributed by atoms with Crippen molar-refractivity contribution in [1.82, 2.24) is 4.98 Å². The van der Waals surface area contributed by atoms with Crippen molar-refractivity contribution >= 4 is 17.5 Å². The topological polar surface area (TPSA) is 126 Å². The van der Waals surface area contributed by atoms with Gasteiger partial charge < -0.3 is 15.5 Å². The van der Waals surface area contributed by atoms with Crippen LogP contribution in [0.2, 0.25) is 0 Å². The standard InChI is InChI=1S/C13H17N3O5/c17-8-13(3-1-2-4-13)7-15-11-10(12(18)19)5-9(6-14-11)16(20)21/h5-6,17H,1-4,7-8H2,(H,14,15)(H,18,19). The number of hydrogen-bond acceptors (Lipinski definition) is 6. The molecule has 1 aliphatic rings. The van der Waals surface area contributed by atoms with Gasteiger partial charge in [-0.3, -0.25) is 10.1 Å². The molecule has 0 atom stereocenters. The predicted molar refractivity (Wildman–Crippen MR) is 74.3 cm³/mol. The number of carboxylic acid groups (broad SMARTS) is 1. The molecule has 21 heavy (non-hydrogen) atoms. The van der Waals surface area contributed by atoms with Gasteiger partial charge in [0, 0.05) is 18.0 Å². The number of rotatable bonds is 6. The number of aliphatic hydroxyl groups excluding tert-OH is 1. The van der Waals surface area contributed by atoms with Crippen molar-refractivity contribution in [3.05, 3.63) is 27.9 Å². The van der Waals surface area contributed by atoms with Crippen molar-refractivity contribution in [3.8, 4) is 0 Å². The summed E-state index contributed by atoms with van der Waals surface area (Å²) in [5.74, 6) is -1.19. The van der Waals surface area contributed by atoms with E-state index < -0.39 is 10.9 Å². The summed E-state index contributed by atoms with van der Waals surface area (Å²) in [6, 6.07) is 0.984. The maximum absolute atomic E-state index is 11.2. The molecule has 1 aromatic heterocycles. The number of carboxylic acids is 1. The summed E-state index contributed by atoms with van der Waals surface area (Å²) in [7, 11) is 0. The monoisotopic (exact) mass is 295 g/mol. The molecule has 0 aromatic carbocycles. The summed E-state index contributed by atoms with van der Waals surface area (Å²) in [6.45, 7) is 0.421. The van der Waals surface area contributed by atoms with Gasteiger partial charge in [-0.25, -0.2) is 9.78 Å². The Bertz CT molecular complexity index is 555. The lowest BCUT2D eigenvalue weighted by atomic mass is 9.87. The lowest BCUT2D eigenvalue weighted by molar-refractivity contribution is -0.385. The summed E-state index contributed by atoms with van der Waals surface area (Å²) >= 11 is 0. The van der Waals surface area contributed by atoms with Gasteiger partial charge in [-0.05, 0) is 12.8 Å². The summed E-state index contributed by atoms with van der Waals surface area (Å²) in [6.07, 6.45) is 4.82. The molecule has 0 radical (unpaired) electrons. The van der Waals surface area contributed by atoms with E-state index in [4.69, 9.17) is 5.11 Å². The Hall–Kier alpha value is -2.22. The SMILES string of the molecule is O=C(O)c1cc([N+](=O)[O-])cnc1NCC1(CO)CCCC1. The van der Waals surface area contributed by atoms with Crippen molar-refractivity contribution in [2.45, 2.75) is 25.7 Å². The van der Waals surface area contributed by atoms with E-state index in [2.05, 4.69) is 10.3 Å². The minimum atomic E-state index is -1.28. The summed E-state index contributed by atoms with van der Waals surface area (Å²) in [5.41, 5.74) is -0.870. The summed E-state index contributed by atoms with van der Waals surface area (Å²) in [4.78, 5) is 25.0. The Labute approximate surface area is 121 Å². The zero-order valence-electron chi connectivity index (χ0n) is 11.4. The van der Waals surface area contributed by atoms with Crippen LogP contribution in [0.25, 0.3) is 0 Å².